The normalized spacial score (nSPS) is 11.5. The van der Waals surface area contributed by atoms with E-state index in [0.29, 0.717) is 32.2 Å². The van der Waals surface area contributed by atoms with Crippen molar-refractivity contribution < 1.29 is 17.9 Å². The van der Waals surface area contributed by atoms with E-state index in [-0.39, 0.29) is 4.90 Å². The van der Waals surface area contributed by atoms with E-state index in [9.17, 15) is 8.42 Å². The highest BCUT2D eigenvalue weighted by molar-refractivity contribution is 7.90. The molecule has 0 aromatic carbocycles. The SMILES string of the molecule is COCCOCCCCNc1ncccc1S(C)(=O)=O. The number of pyridine rings is 1. The highest BCUT2D eigenvalue weighted by atomic mass is 32.2. The molecule has 1 aromatic rings. The lowest BCUT2D eigenvalue weighted by atomic mass is 10.3. The van der Waals surface area contributed by atoms with Crippen LogP contribution in [0.25, 0.3) is 0 Å². The molecule has 0 radical (unpaired) electrons. The number of nitrogens with one attached hydrogen (secondary N) is 1. The first kappa shape index (κ1) is 16.9. The zero-order chi connectivity index (χ0) is 14.8. The number of aromatic nitrogens is 1. The van der Waals surface area contributed by atoms with E-state index in [4.69, 9.17) is 9.47 Å². The molecule has 0 bridgehead atoms. The van der Waals surface area contributed by atoms with Gasteiger partial charge in [0.15, 0.2) is 9.84 Å². The Kier molecular flexibility index (Phi) is 7.50. The summed E-state index contributed by atoms with van der Waals surface area (Å²) in [5.74, 6) is 0.412. The zero-order valence-corrected chi connectivity index (χ0v) is 12.8. The molecular formula is C13H22N2O4S. The summed E-state index contributed by atoms with van der Waals surface area (Å²) in [4.78, 5) is 4.30. The van der Waals surface area contributed by atoms with Crippen LogP contribution in [0.1, 0.15) is 12.8 Å². The molecule has 0 fully saturated rings. The molecule has 0 aliphatic rings. The van der Waals surface area contributed by atoms with Crippen molar-refractivity contribution in [3.8, 4) is 0 Å². The van der Waals surface area contributed by atoms with Crippen molar-refractivity contribution in [3.05, 3.63) is 18.3 Å². The van der Waals surface area contributed by atoms with Crippen LogP contribution in [-0.2, 0) is 19.3 Å². The van der Waals surface area contributed by atoms with Gasteiger partial charge in [-0.1, -0.05) is 0 Å². The first-order chi connectivity index (χ1) is 9.55. The number of anilines is 1. The number of sulfone groups is 1. The first-order valence-corrected chi connectivity index (χ1v) is 8.40. The molecule has 20 heavy (non-hydrogen) atoms. The highest BCUT2D eigenvalue weighted by Gasteiger charge is 2.13. The minimum atomic E-state index is -3.25. The van der Waals surface area contributed by atoms with Crippen LogP contribution in [0.3, 0.4) is 0 Å². The number of nitrogens with zero attached hydrogens (tertiary/aromatic N) is 1. The lowest BCUT2D eigenvalue weighted by Crippen LogP contribution is -2.10. The van der Waals surface area contributed by atoms with E-state index in [1.54, 1.807) is 25.4 Å². The van der Waals surface area contributed by atoms with Gasteiger partial charge in [0.2, 0.25) is 0 Å². The Morgan fingerprint density at radius 1 is 1.25 bits per heavy atom. The lowest BCUT2D eigenvalue weighted by Gasteiger charge is -2.09. The molecule has 0 saturated heterocycles. The maximum Gasteiger partial charge on any atom is 0.179 e. The summed E-state index contributed by atoms with van der Waals surface area (Å²) in [6.07, 6.45) is 4.54. The fourth-order valence-electron chi connectivity index (χ4n) is 1.60. The van der Waals surface area contributed by atoms with Crippen LogP contribution in [0.4, 0.5) is 5.82 Å². The van der Waals surface area contributed by atoms with Gasteiger partial charge in [0.05, 0.1) is 13.2 Å². The summed E-state index contributed by atoms with van der Waals surface area (Å²) >= 11 is 0. The monoisotopic (exact) mass is 302 g/mol. The van der Waals surface area contributed by atoms with Crippen molar-refractivity contribution >= 4 is 15.7 Å². The summed E-state index contributed by atoms with van der Waals surface area (Å²) in [7, 11) is -1.62. The second-order valence-corrected chi connectivity index (χ2v) is 6.35. The molecule has 1 aromatic heterocycles. The number of hydrogen-bond acceptors (Lipinski definition) is 6. The Morgan fingerprint density at radius 3 is 2.75 bits per heavy atom. The minimum Gasteiger partial charge on any atom is -0.382 e. The van der Waals surface area contributed by atoms with Crippen molar-refractivity contribution in [3.63, 3.8) is 0 Å². The molecule has 6 nitrogen and oxygen atoms in total. The minimum absolute atomic E-state index is 0.233. The van der Waals surface area contributed by atoms with Crippen LogP contribution >= 0.6 is 0 Å². The quantitative estimate of drug-likeness (QED) is 0.657. The number of unbranched alkanes of at least 4 members (excludes halogenated alkanes) is 1. The standard InChI is InChI=1S/C13H22N2O4S/c1-18-10-11-19-9-4-3-7-14-13-12(20(2,16)17)6-5-8-15-13/h5-6,8H,3-4,7,9-11H2,1-2H3,(H,14,15). The molecule has 0 aliphatic heterocycles. The van der Waals surface area contributed by atoms with Crippen molar-refractivity contribution in [1.82, 2.24) is 4.98 Å². The number of ether oxygens (including phenoxy) is 2. The number of rotatable bonds is 10. The molecular weight excluding hydrogens is 280 g/mol. The van der Waals surface area contributed by atoms with E-state index < -0.39 is 9.84 Å². The summed E-state index contributed by atoms with van der Waals surface area (Å²) in [5, 5.41) is 3.05. The molecule has 1 N–H and O–H groups in total. The Hall–Kier alpha value is -1.18. The van der Waals surface area contributed by atoms with Crippen molar-refractivity contribution in [1.29, 1.82) is 0 Å². The topological polar surface area (TPSA) is 77.5 Å². The molecule has 0 saturated carbocycles. The van der Waals surface area contributed by atoms with Crippen LogP contribution < -0.4 is 5.32 Å². The summed E-state index contributed by atoms with van der Waals surface area (Å²) < 4.78 is 33.4. The van der Waals surface area contributed by atoms with Crippen molar-refractivity contribution in [2.24, 2.45) is 0 Å². The second-order valence-electron chi connectivity index (χ2n) is 4.36. The van der Waals surface area contributed by atoms with Gasteiger partial charge in [0, 0.05) is 32.7 Å². The maximum atomic E-state index is 11.6. The smallest absolute Gasteiger partial charge is 0.179 e. The fraction of sp³-hybridized carbons (Fsp3) is 0.615. The van der Waals surface area contributed by atoms with Gasteiger partial charge in [-0.2, -0.15) is 0 Å². The molecule has 114 valence electrons. The van der Waals surface area contributed by atoms with Gasteiger partial charge in [-0.25, -0.2) is 13.4 Å². The van der Waals surface area contributed by atoms with E-state index in [2.05, 4.69) is 10.3 Å². The van der Waals surface area contributed by atoms with Gasteiger partial charge in [-0.3, -0.25) is 0 Å². The van der Waals surface area contributed by atoms with Crippen molar-refractivity contribution in [2.45, 2.75) is 17.7 Å². The Morgan fingerprint density at radius 2 is 2.05 bits per heavy atom. The fourth-order valence-corrected chi connectivity index (χ4v) is 2.40. The summed E-state index contributed by atoms with van der Waals surface area (Å²) in [6, 6.07) is 3.17. The largest absolute Gasteiger partial charge is 0.382 e. The van der Waals surface area contributed by atoms with Gasteiger partial charge in [0.25, 0.3) is 0 Å². The molecule has 0 aliphatic carbocycles. The maximum absolute atomic E-state index is 11.6. The van der Waals surface area contributed by atoms with E-state index in [1.165, 1.54) is 6.26 Å². The van der Waals surface area contributed by atoms with E-state index in [0.717, 1.165) is 12.8 Å². The van der Waals surface area contributed by atoms with Crippen LogP contribution in [0.15, 0.2) is 23.2 Å². The first-order valence-electron chi connectivity index (χ1n) is 6.51. The predicted molar refractivity (Wildman–Crippen MR) is 77.8 cm³/mol. The van der Waals surface area contributed by atoms with Gasteiger partial charge in [0.1, 0.15) is 10.7 Å². The van der Waals surface area contributed by atoms with Crippen LogP contribution in [0.5, 0.6) is 0 Å². The van der Waals surface area contributed by atoms with Crippen LogP contribution in [0.2, 0.25) is 0 Å². The molecule has 0 atom stereocenters. The zero-order valence-electron chi connectivity index (χ0n) is 12.0. The third-order valence-electron chi connectivity index (χ3n) is 2.61. The molecule has 0 spiro atoms. The lowest BCUT2D eigenvalue weighted by molar-refractivity contribution is 0.0691. The predicted octanol–water partition coefficient (Wildman–Crippen LogP) is 1.34. The Bertz CT molecular complexity index is 491. The third-order valence-corrected chi connectivity index (χ3v) is 3.74. The second kappa shape index (κ2) is 8.89. The number of methoxy groups -OCH3 is 1. The van der Waals surface area contributed by atoms with Gasteiger partial charge >= 0.3 is 0 Å². The van der Waals surface area contributed by atoms with Crippen LogP contribution in [0, 0.1) is 0 Å². The molecule has 0 unspecified atom stereocenters. The molecule has 1 rings (SSSR count). The molecule has 1 heterocycles. The van der Waals surface area contributed by atoms with Crippen LogP contribution in [-0.4, -0.2) is 53.1 Å². The van der Waals surface area contributed by atoms with Gasteiger partial charge < -0.3 is 14.8 Å². The van der Waals surface area contributed by atoms with E-state index in [1.807, 2.05) is 0 Å². The third kappa shape index (κ3) is 6.31. The average molecular weight is 302 g/mol. The molecule has 0 amide bonds. The van der Waals surface area contributed by atoms with Crippen molar-refractivity contribution in [2.75, 3.05) is 45.0 Å². The van der Waals surface area contributed by atoms with E-state index >= 15 is 0 Å². The summed E-state index contributed by atoms with van der Waals surface area (Å²) in [6.45, 7) is 2.53. The average Bonchev–Trinajstić information content (AvgIpc) is 2.41. The van der Waals surface area contributed by atoms with Gasteiger partial charge in [-0.15, -0.1) is 0 Å². The Balaban J connectivity index is 2.29. The number of hydrogen-bond donors (Lipinski definition) is 1. The van der Waals surface area contributed by atoms with Gasteiger partial charge in [-0.05, 0) is 25.0 Å². The molecule has 7 heteroatoms. The Labute approximate surface area is 120 Å². The summed E-state index contributed by atoms with van der Waals surface area (Å²) in [5.41, 5.74) is 0. The highest BCUT2D eigenvalue weighted by Crippen LogP contribution is 2.17.